The molecule has 2 aliphatic heterocycles. The highest BCUT2D eigenvalue weighted by atomic mass is 127. The van der Waals surface area contributed by atoms with Crippen LogP contribution in [0.3, 0.4) is 0 Å². The van der Waals surface area contributed by atoms with Crippen LogP contribution < -0.4 is 0 Å². The van der Waals surface area contributed by atoms with Crippen molar-refractivity contribution >= 4 is 45.9 Å². The molecular formula is C23H32ClIO6. The van der Waals surface area contributed by atoms with Crippen molar-refractivity contribution in [3.63, 3.8) is 0 Å². The van der Waals surface area contributed by atoms with E-state index < -0.39 is 12.2 Å². The van der Waals surface area contributed by atoms with Crippen molar-refractivity contribution in [2.45, 2.75) is 88.3 Å². The molecule has 0 bridgehead atoms. The summed E-state index contributed by atoms with van der Waals surface area (Å²) in [5, 5.41) is 10.5. The number of carbonyl (C=O) groups excluding carboxylic acids is 2. The Balaban J connectivity index is 1.91. The number of carbonyl (C=O) groups is 2. The fourth-order valence-electron chi connectivity index (χ4n) is 4.13. The summed E-state index contributed by atoms with van der Waals surface area (Å²) >= 11 is 8.30. The van der Waals surface area contributed by atoms with Crippen molar-refractivity contribution in [2.75, 3.05) is 7.11 Å². The van der Waals surface area contributed by atoms with Gasteiger partial charge in [0.05, 0.1) is 37.9 Å². The number of hydrogen-bond donors (Lipinski definition) is 1. The molecule has 0 spiro atoms. The van der Waals surface area contributed by atoms with Crippen LogP contribution in [-0.2, 0) is 23.8 Å². The Bertz CT molecular complexity index is 715. The summed E-state index contributed by atoms with van der Waals surface area (Å²) in [5.74, 6) is 4.77. The quantitative estimate of drug-likeness (QED) is 0.158. The van der Waals surface area contributed by atoms with E-state index in [0.717, 1.165) is 10.0 Å². The van der Waals surface area contributed by atoms with Crippen LogP contribution in [0, 0.1) is 23.7 Å². The molecule has 0 saturated carbocycles. The zero-order valence-corrected chi connectivity index (χ0v) is 21.2. The minimum atomic E-state index is -1.06. The normalized spacial score (nSPS) is 32.1. The maximum atomic E-state index is 12.1. The standard InChI is InChI=1S/C23H32ClIO6/c1-13(25)11-16(24)5-6-17(26)7-9-19(27)22-14(2)15(3)23-20(31-22)10-8-18(30-23)12-21(28)29-4/h14-16,18-20,22-23,27H,1,5-6,8,10-12H2,2-4H3/t14-,15+,16+,18+,19-,20-,22+,23+/m0/s1. The van der Waals surface area contributed by atoms with Crippen LogP contribution in [-0.4, -0.2) is 59.9 Å². The Hall–Kier alpha value is -0.660. The lowest BCUT2D eigenvalue weighted by Gasteiger charge is -2.49. The van der Waals surface area contributed by atoms with E-state index in [1.807, 2.05) is 6.92 Å². The molecule has 0 aromatic rings. The lowest BCUT2D eigenvalue weighted by molar-refractivity contribution is -0.238. The number of aliphatic hydroxyl groups excluding tert-OH is 1. The van der Waals surface area contributed by atoms with E-state index in [1.54, 1.807) is 0 Å². The minimum Gasteiger partial charge on any atom is -0.469 e. The van der Waals surface area contributed by atoms with Crippen LogP contribution in [0.4, 0.5) is 0 Å². The molecule has 2 heterocycles. The Morgan fingerprint density at radius 1 is 1.29 bits per heavy atom. The largest absolute Gasteiger partial charge is 0.469 e. The van der Waals surface area contributed by atoms with E-state index in [4.69, 9.17) is 25.8 Å². The number of ether oxygens (including phenoxy) is 3. The summed E-state index contributed by atoms with van der Waals surface area (Å²) in [6.07, 6.45) is 1.02. The topological polar surface area (TPSA) is 82.1 Å². The molecule has 8 heteroatoms. The number of alkyl halides is 1. The molecule has 8 atom stereocenters. The van der Waals surface area contributed by atoms with E-state index >= 15 is 0 Å². The van der Waals surface area contributed by atoms with Gasteiger partial charge in [-0.2, -0.15) is 0 Å². The van der Waals surface area contributed by atoms with E-state index in [9.17, 15) is 14.7 Å². The molecule has 0 radical (unpaired) electrons. The van der Waals surface area contributed by atoms with Crippen molar-refractivity contribution < 1.29 is 28.9 Å². The Morgan fingerprint density at radius 3 is 2.65 bits per heavy atom. The van der Waals surface area contributed by atoms with Gasteiger partial charge in [0.1, 0.15) is 6.10 Å². The third-order valence-corrected chi connectivity index (χ3v) is 6.92. The Morgan fingerprint density at radius 2 is 2.00 bits per heavy atom. The van der Waals surface area contributed by atoms with Gasteiger partial charge < -0.3 is 19.3 Å². The lowest BCUT2D eigenvalue weighted by atomic mass is 9.77. The second-order valence-corrected chi connectivity index (χ2v) is 10.6. The zero-order chi connectivity index (χ0) is 23.1. The summed E-state index contributed by atoms with van der Waals surface area (Å²) in [6, 6.07) is 0. The van der Waals surface area contributed by atoms with Gasteiger partial charge in [-0.15, -0.1) is 11.6 Å². The van der Waals surface area contributed by atoms with E-state index in [-0.39, 0.29) is 60.1 Å². The van der Waals surface area contributed by atoms with Gasteiger partial charge in [-0.25, -0.2) is 0 Å². The number of aliphatic hydroxyl groups is 1. The van der Waals surface area contributed by atoms with Crippen LogP contribution in [0.1, 0.15) is 52.4 Å². The highest BCUT2D eigenvalue weighted by molar-refractivity contribution is 14.1. The number of hydrogen-bond acceptors (Lipinski definition) is 6. The molecule has 174 valence electrons. The number of Topliss-reactive ketones (excluding diaryl/α,β-unsaturated/α-hetero) is 1. The first-order valence-corrected chi connectivity index (χ1v) is 12.2. The second-order valence-electron chi connectivity index (χ2n) is 8.43. The molecule has 0 aromatic carbocycles. The summed E-state index contributed by atoms with van der Waals surface area (Å²) < 4.78 is 18.0. The molecule has 2 fully saturated rings. The summed E-state index contributed by atoms with van der Waals surface area (Å²) in [5.41, 5.74) is 0. The predicted octanol–water partition coefficient (Wildman–Crippen LogP) is 3.80. The average Bonchev–Trinajstić information content (AvgIpc) is 2.72. The van der Waals surface area contributed by atoms with Gasteiger partial charge in [-0.05, 0) is 69.6 Å². The van der Waals surface area contributed by atoms with Crippen molar-refractivity contribution in [3.8, 4) is 11.8 Å². The molecule has 0 aliphatic carbocycles. The van der Waals surface area contributed by atoms with Crippen molar-refractivity contribution in [2.24, 2.45) is 11.8 Å². The molecule has 1 N–H and O–H groups in total. The van der Waals surface area contributed by atoms with Gasteiger partial charge in [0.15, 0.2) is 0 Å². The SMILES string of the molecule is C=C(I)C[C@H](Cl)CCC(=O)C#C[C@H](O)[C@@H]1O[C@H]2CC[C@H](CC(=O)OC)O[C@@H]2[C@H](C)[C@@H]1C. The summed E-state index contributed by atoms with van der Waals surface area (Å²) in [6.45, 7) is 7.86. The molecule has 2 rings (SSSR count). The van der Waals surface area contributed by atoms with Crippen molar-refractivity contribution in [1.29, 1.82) is 0 Å². The van der Waals surface area contributed by atoms with Gasteiger partial charge >= 0.3 is 5.97 Å². The average molecular weight is 567 g/mol. The molecule has 31 heavy (non-hydrogen) atoms. The van der Waals surface area contributed by atoms with Gasteiger partial charge in [0.2, 0.25) is 5.78 Å². The summed E-state index contributed by atoms with van der Waals surface area (Å²) in [7, 11) is 1.37. The molecule has 0 amide bonds. The smallest absolute Gasteiger partial charge is 0.308 e. The molecule has 0 aromatic heterocycles. The molecule has 2 saturated heterocycles. The van der Waals surface area contributed by atoms with Crippen molar-refractivity contribution in [1.82, 2.24) is 0 Å². The van der Waals surface area contributed by atoms with Crippen LogP contribution in [0.2, 0.25) is 0 Å². The first-order valence-electron chi connectivity index (χ1n) is 10.7. The highest BCUT2D eigenvalue weighted by Gasteiger charge is 2.47. The zero-order valence-electron chi connectivity index (χ0n) is 18.3. The predicted molar refractivity (Wildman–Crippen MR) is 127 cm³/mol. The second kappa shape index (κ2) is 12.5. The van der Waals surface area contributed by atoms with Gasteiger partial charge in [-0.3, -0.25) is 9.59 Å². The first-order chi connectivity index (χ1) is 14.6. The van der Waals surface area contributed by atoms with Gasteiger partial charge in [0, 0.05) is 11.8 Å². The molecule has 6 nitrogen and oxygen atoms in total. The van der Waals surface area contributed by atoms with E-state index in [2.05, 4.69) is 47.9 Å². The molecular weight excluding hydrogens is 535 g/mol. The number of halogens is 2. The number of fused-ring (bicyclic) bond motifs is 1. The molecule has 0 unspecified atom stereocenters. The Kier molecular flexibility index (Phi) is 10.8. The Labute approximate surface area is 203 Å². The van der Waals surface area contributed by atoms with Crippen LogP contribution in [0.5, 0.6) is 0 Å². The number of ketones is 1. The monoisotopic (exact) mass is 566 g/mol. The third-order valence-electron chi connectivity index (χ3n) is 6.11. The number of rotatable bonds is 8. The highest BCUT2D eigenvalue weighted by Crippen LogP contribution is 2.39. The number of methoxy groups -OCH3 is 1. The lowest BCUT2D eigenvalue weighted by Crippen LogP contribution is -2.56. The summed E-state index contributed by atoms with van der Waals surface area (Å²) in [4.78, 5) is 23.6. The number of esters is 1. The third kappa shape index (κ3) is 8.01. The van der Waals surface area contributed by atoms with Crippen LogP contribution >= 0.6 is 34.2 Å². The van der Waals surface area contributed by atoms with Crippen LogP contribution in [0.15, 0.2) is 10.2 Å². The van der Waals surface area contributed by atoms with E-state index in [0.29, 0.717) is 19.3 Å². The molecule has 2 aliphatic rings. The minimum absolute atomic E-state index is 0.0283. The van der Waals surface area contributed by atoms with Gasteiger partial charge in [0.25, 0.3) is 0 Å². The maximum absolute atomic E-state index is 12.1. The van der Waals surface area contributed by atoms with E-state index in [1.165, 1.54) is 7.11 Å². The van der Waals surface area contributed by atoms with Crippen molar-refractivity contribution in [3.05, 3.63) is 10.2 Å². The first kappa shape index (κ1) is 26.6. The fraction of sp³-hybridized carbons (Fsp3) is 0.739. The fourth-order valence-corrected chi connectivity index (χ4v) is 5.22. The van der Waals surface area contributed by atoms with Crippen LogP contribution in [0.25, 0.3) is 0 Å². The maximum Gasteiger partial charge on any atom is 0.308 e. The van der Waals surface area contributed by atoms with Gasteiger partial charge in [-0.1, -0.05) is 26.3 Å². The number of allylic oxidation sites excluding steroid dienone is 1.